The largest absolute Gasteiger partial charge is 0.490 e. The molecule has 3 aliphatic heterocycles. The molecular weight excluding hydrogens is 783 g/mol. The van der Waals surface area contributed by atoms with Gasteiger partial charge in [-0.2, -0.15) is 20.4 Å². The lowest BCUT2D eigenvalue weighted by Crippen LogP contribution is -2.42. The van der Waals surface area contributed by atoms with Crippen LogP contribution in [-0.4, -0.2) is 123 Å². The van der Waals surface area contributed by atoms with Crippen molar-refractivity contribution in [3.8, 4) is 0 Å². The molecule has 0 saturated carbocycles. The number of nitrogens with two attached hydrogens (primary N) is 1. The predicted molar refractivity (Wildman–Crippen MR) is 175 cm³/mol. The van der Waals surface area contributed by atoms with E-state index in [1.165, 1.54) is 10.9 Å². The molecule has 3 saturated heterocycles. The second-order valence-corrected chi connectivity index (χ2v) is 17.2. The Labute approximate surface area is 297 Å². The number of anilines is 1. The van der Waals surface area contributed by atoms with Gasteiger partial charge in [-0.3, -0.25) is 13.9 Å². The van der Waals surface area contributed by atoms with Crippen molar-refractivity contribution in [2.45, 2.75) is 67.6 Å². The number of phosphoric acid groups is 3. The van der Waals surface area contributed by atoms with Crippen molar-refractivity contribution in [3.63, 3.8) is 0 Å². The topological polar surface area (TPSA) is 367 Å². The number of ether oxygens (including phenoxy) is 2. The Balaban J connectivity index is 1.12. The number of imidazole rings is 1. The van der Waals surface area contributed by atoms with Crippen molar-refractivity contribution in [3.05, 3.63) is 12.7 Å². The van der Waals surface area contributed by atoms with E-state index in [0.29, 0.717) is 6.42 Å². The van der Waals surface area contributed by atoms with E-state index >= 15 is 0 Å². The fraction of sp³-hybridized carbons (Fsp3) is 0.652. The van der Waals surface area contributed by atoms with Gasteiger partial charge in [0.1, 0.15) is 24.1 Å². The summed E-state index contributed by atoms with van der Waals surface area (Å²) < 4.78 is 59.3. The maximum Gasteiger partial charge on any atom is 0.490 e. The highest BCUT2D eigenvalue weighted by molar-refractivity contribution is 8.00. The van der Waals surface area contributed by atoms with Gasteiger partial charge < -0.3 is 61.2 Å². The van der Waals surface area contributed by atoms with Gasteiger partial charge >= 0.3 is 35.6 Å². The molecule has 290 valence electrons. The van der Waals surface area contributed by atoms with Crippen LogP contribution in [-0.2, 0) is 41.1 Å². The zero-order valence-electron chi connectivity index (χ0n) is 26.7. The first-order valence-corrected chi connectivity index (χ1v) is 20.9. The number of nitrogens with one attached hydrogen (secondary N) is 4. The molecule has 4 amide bonds. The van der Waals surface area contributed by atoms with Gasteiger partial charge in [0.15, 0.2) is 23.8 Å². The Morgan fingerprint density at radius 1 is 1.06 bits per heavy atom. The van der Waals surface area contributed by atoms with Crippen molar-refractivity contribution in [2.24, 2.45) is 0 Å². The predicted octanol–water partition coefficient (Wildman–Crippen LogP) is -1.05. The van der Waals surface area contributed by atoms with Crippen LogP contribution in [0.2, 0.25) is 0 Å². The first-order valence-electron chi connectivity index (χ1n) is 15.4. The number of aliphatic hydroxyl groups is 1. The lowest BCUT2D eigenvalue weighted by molar-refractivity contribution is -0.121. The highest BCUT2D eigenvalue weighted by Gasteiger charge is 2.50. The number of hydrogen-bond donors (Lipinski definition) is 10. The number of carbonyl (C=O) groups is 3. The second kappa shape index (κ2) is 16.6. The molecule has 0 radical (unpaired) electrons. The van der Waals surface area contributed by atoms with Crippen molar-refractivity contribution < 1.29 is 75.4 Å². The molecular formula is C23H36N9O16P3S. The van der Waals surface area contributed by atoms with Gasteiger partial charge in [-0.05, 0) is 12.8 Å². The third kappa shape index (κ3) is 10.6. The molecule has 2 aromatic rings. The minimum absolute atomic E-state index is 0.0117. The lowest BCUT2D eigenvalue weighted by atomic mass is 10.0. The molecule has 5 heterocycles. The van der Waals surface area contributed by atoms with E-state index in [1.54, 1.807) is 11.8 Å². The lowest BCUT2D eigenvalue weighted by Gasteiger charge is -2.22. The van der Waals surface area contributed by atoms with Gasteiger partial charge in [0.05, 0.1) is 25.0 Å². The van der Waals surface area contributed by atoms with Crippen LogP contribution in [0, 0.1) is 0 Å². The number of nitrogens with zero attached hydrogens (tertiary/aromatic N) is 4. The summed E-state index contributed by atoms with van der Waals surface area (Å²) in [6, 6.07) is 0.0387. The molecule has 0 spiro atoms. The van der Waals surface area contributed by atoms with E-state index in [0.717, 1.165) is 24.9 Å². The number of aromatic nitrogens is 4. The molecule has 29 heteroatoms. The molecule has 2 unspecified atom stereocenters. The van der Waals surface area contributed by atoms with Crippen molar-refractivity contribution in [1.29, 1.82) is 0 Å². The second-order valence-electron chi connectivity index (χ2n) is 11.5. The minimum Gasteiger partial charge on any atom is -0.440 e. The van der Waals surface area contributed by atoms with Gasteiger partial charge in [-0.25, -0.2) is 38.2 Å². The number of unbranched alkanes of at least 4 members (excludes halogenated alkanes) is 1. The Morgan fingerprint density at radius 3 is 2.56 bits per heavy atom. The molecule has 2 aromatic heterocycles. The number of phosphoric ester groups is 1. The molecule has 3 fully saturated rings. The Morgan fingerprint density at radius 2 is 1.81 bits per heavy atom. The summed E-state index contributed by atoms with van der Waals surface area (Å²) in [6.45, 7) is -1.17. The van der Waals surface area contributed by atoms with Gasteiger partial charge in [0, 0.05) is 30.5 Å². The van der Waals surface area contributed by atoms with Crippen molar-refractivity contribution >= 4 is 70.2 Å². The third-order valence-electron chi connectivity index (χ3n) is 7.83. The van der Waals surface area contributed by atoms with Gasteiger partial charge in [0.25, 0.3) is 0 Å². The summed E-state index contributed by atoms with van der Waals surface area (Å²) >= 11 is 1.78. The molecule has 25 nitrogen and oxygen atoms in total. The Hall–Kier alpha value is -2.96. The SMILES string of the molecule is Nc1ncnc2c1ncn2[C@@H]1O[C@H](COP(=O)(O)OP(=O)(O)OP(=O)(O)O)[C@@H](OC(=O)NCCNC(=O)CCCC[C@@H]2SC[C@@H]3NC(=O)N[C@@H]32)[C@H]1O. The first-order chi connectivity index (χ1) is 24.4. The van der Waals surface area contributed by atoms with Crippen LogP contribution in [0.25, 0.3) is 11.2 Å². The summed E-state index contributed by atoms with van der Waals surface area (Å²) in [7, 11) is -17.1. The summed E-state index contributed by atoms with van der Waals surface area (Å²) in [5.74, 6) is 0.570. The number of aliphatic hydroxyl groups excluding tert-OH is 1. The number of fused-ring (bicyclic) bond motifs is 2. The molecule has 9 atom stereocenters. The van der Waals surface area contributed by atoms with Crippen LogP contribution in [0.3, 0.4) is 0 Å². The molecule has 11 N–H and O–H groups in total. The number of alkyl carbamates (subject to hydrolysis) is 1. The number of urea groups is 1. The zero-order chi connectivity index (χ0) is 37.8. The molecule has 0 aromatic carbocycles. The van der Waals surface area contributed by atoms with E-state index in [-0.39, 0.29) is 65.8 Å². The van der Waals surface area contributed by atoms with Crippen LogP contribution >= 0.6 is 35.2 Å². The minimum atomic E-state index is -5.84. The average molecular weight is 820 g/mol. The summed E-state index contributed by atoms with van der Waals surface area (Å²) in [5, 5.41) is 22.2. The van der Waals surface area contributed by atoms with E-state index in [4.69, 9.17) is 25.0 Å². The highest BCUT2D eigenvalue weighted by Crippen LogP contribution is 2.66. The number of nitrogen functional groups attached to an aromatic ring is 1. The Bertz CT molecular complexity index is 1780. The van der Waals surface area contributed by atoms with Crippen LogP contribution < -0.4 is 27.0 Å². The molecule has 5 rings (SSSR count). The number of thioether (sulfide) groups is 1. The number of hydrogen-bond acceptors (Lipinski definition) is 17. The van der Waals surface area contributed by atoms with E-state index in [9.17, 15) is 43.0 Å². The molecule has 0 bridgehead atoms. The summed E-state index contributed by atoms with van der Waals surface area (Å²) in [5.41, 5.74) is 6.01. The summed E-state index contributed by atoms with van der Waals surface area (Å²) in [6.07, 6.45) is -2.80. The van der Waals surface area contributed by atoms with E-state index < -0.39 is 60.7 Å². The van der Waals surface area contributed by atoms with E-state index in [1.807, 2.05) is 0 Å². The fourth-order valence-electron chi connectivity index (χ4n) is 5.65. The van der Waals surface area contributed by atoms with Crippen LogP contribution in [0.4, 0.5) is 15.4 Å². The fourth-order valence-corrected chi connectivity index (χ4v) is 10.2. The monoisotopic (exact) mass is 819 g/mol. The first kappa shape index (κ1) is 40.2. The summed E-state index contributed by atoms with van der Waals surface area (Å²) in [4.78, 5) is 85.3. The maximum absolute atomic E-state index is 12.7. The quantitative estimate of drug-likeness (QED) is 0.0517. The van der Waals surface area contributed by atoms with Crippen molar-refractivity contribution in [1.82, 2.24) is 40.8 Å². The molecule has 3 aliphatic rings. The molecule has 52 heavy (non-hydrogen) atoms. The number of amides is 4. The normalized spacial score (nSPS) is 28.0. The van der Waals surface area contributed by atoms with Gasteiger partial charge in [0.2, 0.25) is 5.91 Å². The van der Waals surface area contributed by atoms with Crippen LogP contribution in [0.1, 0.15) is 31.9 Å². The standard InChI is InChI=1S/C23H36N9O16P3S/c24-19-16-20(28-9-27-19)32(10-29-16)21-17(34)18(12(45-21)7-44-50(40,41)48-51(42,43)47-49(37,38)39)46-23(36)26-6-5-25-14(33)4-2-1-3-13-15-11(8-52-13)30-22(35)31-15/h9-13,15,17-18,21,34H,1-8H2,(H,25,33)(H,26,36)(H,40,41)(H,42,43)(H2,24,27,28)(H2,30,31,35)(H2,37,38,39)/t11-,12+,13-,15-,17+,18+,21+/m0/s1. The van der Waals surface area contributed by atoms with Gasteiger partial charge in [-0.1, -0.05) is 6.42 Å². The number of rotatable bonds is 17. The van der Waals surface area contributed by atoms with Gasteiger partial charge in [-0.15, -0.1) is 0 Å². The van der Waals surface area contributed by atoms with Crippen LogP contribution in [0.15, 0.2) is 12.7 Å². The average Bonchev–Trinajstić information content (AvgIpc) is 3.79. The van der Waals surface area contributed by atoms with E-state index in [2.05, 4.69) is 49.4 Å². The smallest absolute Gasteiger partial charge is 0.440 e. The van der Waals surface area contributed by atoms with Crippen LogP contribution in [0.5, 0.6) is 0 Å². The number of carbonyl (C=O) groups excluding carboxylic acids is 3. The third-order valence-corrected chi connectivity index (χ3v) is 13.1. The van der Waals surface area contributed by atoms with Crippen molar-refractivity contribution in [2.75, 3.05) is 31.2 Å². The maximum atomic E-state index is 12.7. The zero-order valence-corrected chi connectivity index (χ0v) is 30.2. The highest BCUT2D eigenvalue weighted by atomic mass is 32.2. The Kier molecular flexibility index (Phi) is 12.8. The molecule has 0 aliphatic carbocycles.